The lowest BCUT2D eigenvalue weighted by molar-refractivity contribution is 0.194. The highest BCUT2D eigenvalue weighted by Gasteiger charge is 2.20. The number of nitrogens with one attached hydrogen (secondary N) is 1. The van der Waals surface area contributed by atoms with Gasteiger partial charge in [-0.2, -0.15) is 0 Å². The molecule has 0 fully saturated rings. The molecular formula is C18H24N2OS. The minimum atomic E-state index is 0.138. The van der Waals surface area contributed by atoms with Crippen LogP contribution in [0.4, 0.5) is 0 Å². The van der Waals surface area contributed by atoms with E-state index in [-0.39, 0.29) is 6.10 Å². The molecule has 0 bridgehead atoms. The molecule has 1 atom stereocenters. The quantitative estimate of drug-likeness (QED) is 0.883. The summed E-state index contributed by atoms with van der Waals surface area (Å²) in [5.74, 6) is 1.07. The van der Waals surface area contributed by atoms with Crippen molar-refractivity contribution < 1.29 is 4.74 Å². The highest BCUT2D eigenvalue weighted by Crippen LogP contribution is 2.33. The number of fused-ring (bicyclic) bond motifs is 1. The van der Waals surface area contributed by atoms with Crippen LogP contribution in [-0.2, 0) is 13.0 Å². The van der Waals surface area contributed by atoms with E-state index < -0.39 is 0 Å². The van der Waals surface area contributed by atoms with Crippen molar-refractivity contribution in [1.29, 1.82) is 0 Å². The highest BCUT2D eigenvalue weighted by molar-refractivity contribution is 7.10. The third kappa shape index (κ3) is 3.51. The van der Waals surface area contributed by atoms with Gasteiger partial charge in [-0.1, -0.05) is 18.2 Å². The summed E-state index contributed by atoms with van der Waals surface area (Å²) < 4.78 is 6.45. The van der Waals surface area contributed by atoms with Gasteiger partial charge < -0.3 is 15.0 Å². The van der Waals surface area contributed by atoms with E-state index in [1.807, 2.05) is 7.05 Å². The molecule has 4 heteroatoms. The summed E-state index contributed by atoms with van der Waals surface area (Å²) in [6.07, 6.45) is 2.20. The van der Waals surface area contributed by atoms with Crippen LogP contribution >= 0.6 is 11.3 Å². The van der Waals surface area contributed by atoms with Crippen molar-refractivity contribution in [2.75, 3.05) is 27.2 Å². The molecule has 118 valence electrons. The summed E-state index contributed by atoms with van der Waals surface area (Å²) in [7, 11) is 4.17. The molecule has 3 rings (SSSR count). The van der Waals surface area contributed by atoms with Gasteiger partial charge in [0.1, 0.15) is 11.9 Å². The lowest BCUT2D eigenvalue weighted by Crippen LogP contribution is -2.27. The number of ether oxygens (including phenoxy) is 1. The van der Waals surface area contributed by atoms with Crippen LogP contribution in [0.5, 0.6) is 5.75 Å². The van der Waals surface area contributed by atoms with Crippen LogP contribution in [-0.4, -0.2) is 32.1 Å². The molecule has 1 aliphatic rings. The lowest BCUT2D eigenvalue weighted by atomic mass is 9.99. The van der Waals surface area contributed by atoms with Gasteiger partial charge in [0.2, 0.25) is 0 Å². The third-order valence-corrected chi connectivity index (χ3v) is 5.16. The Labute approximate surface area is 136 Å². The van der Waals surface area contributed by atoms with Gasteiger partial charge in [0.15, 0.2) is 0 Å². The molecule has 0 saturated carbocycles. The molecule has 2 aromatic rings. The molecule has 3 nitrogen and oxygen atoms in total. The van der Waals surface area contributed by atoms with Crippen molar-refractivity contribution in [3.8, 4) is 5.75 Å². The highest BCUT2D eigenvalue weighted by atomic mass is 32.1. The number of hydrogen-bond donors (Lipinski definition) is 1. The Hall–Kier alpha value is -1.36. The summed E-state index contributed by atoms with van der Waals surface area (Å²) in [6.45, 7) is 3.08. The number of hydrogen-bond acceptors (Lipinski definition) is 4. The monoisotopic (exact) mass is 316 g/mol. The average Bonchev–Trinajstić information content (AvgIpc) is 3.05. The SMILES string of the molecule is CNCCC(Oc1cccc2c1CCN(C)C2)c1cccs1. The molecule has 1 unspecified atom stereocenters. The second kappa shape index (κ2) is 7.27. The van der Waals surface area contributed by atoms with Gasteiger partial charge in [0.25, 0.3) is 0 Å². The fraction of sp³-hybridized carbons (Fsp3) is 0.444. The van der Waals surface area contributed by atoms with E-state index in [4.69, 9.17) is 4.74 Å². The number of thiophene rings is 1. The molecule has 1 aromatic carbocycles. The first-order chi connectivity index (χ1) is 10.8. The Balaban J connectivity index is 1.82. The van der Waals surface area contributed by atoms with Crippen molar-refractivity contribution in [2.24, 2.45) is 0 Å². The Bertz CT molecular complexity index is 597. The Morgan fingerprint density at radius 3 is 3.00 bits per heavy atom. The lowest BCUT2D eigenvalue weighted by Gasteiger charge is -2.28. The molecule has 1 N–H and O–H groups in total. The predicted molar refractivity (Wildman–Crippen MR) is 92.7 cm³/mol. The Morgan fingerprint density at radius 1 is 1.32 bits per heavy atom. The van der Waals surface area contributed by atoms with Gasteiger partial charge >= 0.3 is 0 Å². The largest absolute Gasteiger partial charge is 0.485 e. The van der Waals surface area contributed by atoms with Crippen LogP contribution in [0.1, 0.15) is 28.5 Å². The molecule has 1 aliphatic heterocycles. The average molecular weight is 316 g/mol. The van der Waals surface area contributed by atoms with E-state index in [0.29, 0.717) is 0 Å². The molecule has 0 saturated heterocycles. The first-order valence-electron chi connectivity index (χ1n) is 7.92. The molecular weight excluding hydrogens is 292 g/mol. The molecule has 0 spiro atoms. The maximum Gasteiger partial charge on any atom is 0.134 e. The summed E-state index contributed by atoms with van der Waals surface area (Å²) in [5, 5.41) is 5.36. The smallest absolute Gasteiger partial charge is 0.134 e. The van der Waals surface area contributed by atoms with Crippen molar-refractivity contribution in [3.63, 3.8) is 0 Å². The zero-order chi connectivity index (χ0) is 15.4. The van der Waals surface area contributed by atoms with E-state index in [1.54, 1.807) is 11.3 Å². The van der Waals surface area contributed by atoms with Gasteiger partial charge in [-0.15, -0.1) is 11.3 Å². The van der Waals surface area contributed by atoms with Crippen molar-refractivity contribution in [3.05, 3.63) is 51.7 Å². The summed E-state index contributed by atoms with van der Waals surface area (Å²) in [6, 6.07) is 10.8. The maximum atomic E-state index is 6.45. The number of benzene rings is 1. The van der Waals surface area contributed by atoms with Crippen molar-refractivity contribution >= 4 is 11.3 Å². The molecule has 0 radical (unpaired) electrons. The van der Waals surface area contributed by atoms with Gasteiger partial charge in [-0.3, -0.25) is 0 Å². The zero-order valence-corrected chi connectivity index (χ0v) is 14.2. The first-order valence-corrected chi connectivity index (χ1v) is 8.80. The molecule has 0 amide bonds. The maximum absolute atomic E-state index is 6.45. The fourth-order valence-corrected chi connectivity index (χ4v) is 3.78. The Kier molecular flexibility index (Phi) is 5.13. The predicted octanol–water partition coefficient (Wildman–Crippen LogP) is 3.47. The molecule has 1 aromatic heterocycles. The van der Waals surface area contributed by atoms with Crippen LogP contribution in [0.3, 0.4) is 0 Å². The second-order valence-corrected chi connectivity index (χ2v) is 6.88. The van der Waals surface area contributed by atoms with Crippen LogP contribution in [0.15, 0.2) is 35.7 Å². The molecule has 22 heavy (non-hydrogen) atoms. The standard InChI is InChI=1S/C18H24N2OS/c1-19-10-8-17(18-7-4-12-22-18)21-16-6-3-5-14-13-20(2)11-9-15(14)16/h3-7,12,17,19H,8-11,13H2,1-2H3. The number of nitrogens with zero attached hydrogens (tertiary/aromatic N) is 1. The van der Waals surface area contributed by atoms with Crippen molar-refractivity contribution in [1.82, 2.24) is 10.2 Å². The van der Waals surface area contributed by atoms with Gasteiger partial charge in [0.05, 0.1) is 0 Å². The Morgan fingerprint density at radius 2 is 2.23 bits per heavy atom. The second-order valence-electron chi connectivity index (χ2n) is 5.90. The van der Waals surface area contributed by atoms with E-state index in [1.165, 1.54) is 16.0 Å². The van der Waals surface area contributed by atoms with Gasteiger partial charge in [-0.25, -0.2) is 0 Å². The minimum Gasteiger partial charge on any atom is -0.485 e. The minimum absolute atomic E-state index is 0.138. The topological polar surface area (TPSA) is 24.5 Å². The summed E-state index contributed by atoms with van der Waals surface area (Å²) in [4.78, 5) is 3.67. The number of likely N-dealkylation sites (N-methyl/N-ethyl adjacent to an activating group) is 1. The van der Waals surface area contributed by atoms with Crippen LogP contribution in [0.25, 0.3) is 0 Å². The van der Waals surface area contributed by atoms with E-state index in [0.717, 1.165) is 38.2 Å². The molecule has 0 aliphatic carbocycles. The van der Waals surface area contributed by atoms with E-state index in [9.17, 15) is 0 Å². The van der Waals surface area contributed by atoms with Gasteiger partial charge in [-0.05, 0) is 55.7 Å². The molecule has 2 heterocycles. The third-order valence-electron chi connectivity index (χ3n) is 4.20. The van der Waals surface area contributed by atoms with Gasteiger partial charge in [0, 0.05) is 24.4 Å². The fourth-order valence-electron chi connectivity index (χ4n) is 2.99. The zero-order valence-electron chi connectivity index (χ0n) is 13.3. The summed E-state index contributed by atoms with van der Waals surface area (Å²) in [5.41, 5.74) is 2.80. The normalized spacial score (nSPS) is 16.3. The van der Waals surface area contributed by atoms with Crippen LogP contribution in [0.2, 0.25) is 0 Å². The summed E-state index contributed by atoms with van der Waals surface area (Å²) >= 11 is 1.78. The number of rotatable bonds is 6. The van der Waals surface area contributed by atoms with Crippen LogP contribution in [0, 0.1) is 0 Å². The van der Waals surface area contributed by atoms with E-state index >= 15 is 0 Å². The van der Waals surface area contributed by atoms with Crippen molar-refractivity contribution in [2.45, 2.75) is 25.5 Å². The first kappa shape index (κ1) is 15.5. The van der Waals surface area contributed by atoms with Crippen LogP contribution < -0.4 is 10.1 Å². The van der Waals surface area contributed by atoms with E-state index in [2.05, 4.69) is 53.0 Å².